The second kappa shape index (κ2) is 6.71. The maximum absolute atomic E-state index is 11.2. The number of ether oxygens (including phenoxy) is 2. The van der Waals surface area contributed by atoms with Crippen molar-refractivity contribution in [1.82, 2.24) is 0 Å². The molecule has 5 heteroatoms. The molecule has 0 aromatic carbocycles. The van der Waals surface area contributed by atoms with Crippen molar-refractivity contribution in [3.63, 3.8) is 0 Å². The minimum atomic E-state index is -0.239. The van der Waals surface area contributed by atoms with Crippen molar-refractivity contribution < 1.29 is 14.4 Å². The average molecular weight is 292 g/mol. The van der Waals surface area contributed by atoms with E-state index in [1.54, 1.807) is 6.08 Å². The molecule has 2 fully saturated rings. The summed E-state index contributed by atoms with van der Waals surface area (Å²) >= 11 is 0. The van der Waals surface area contributed by atoms with Crippen LogP contribution in [0.5, 0.6) is 0 Å². The van der Waals surface area contributed by atoms with Crippen molar-refractivity contribution >= 4 is 0 Å². The molecule has 0 aromatic heterocycles. The van der Waals surface area contributed by atoms with Gasteiger partial charge in [-0.25, -0.2) is 0 Å². The van der Waals surface area contributed by atoms with Crippen molar-refractivity contribution in [2.75, 3.05) is 26.4 Å². The largest absolute Gasteiger partial charge is 0.381 e. The maximum atomic E-state index is 11.2. The van der Waals surface area contributed by atoms with Gasteiger partial charge in [-0.05, 0) is 43.9 Å². The summed E-state index contributed by atoms with van der Waals surface area (Å²) in [6, 6.07) is 0. The molecule has 2 unspecified atom stereocenters. The van der Waals surface area contributed by atoms with Gasteiger partial charge in [0.25, 0.3) is 5.70 Å². The third kappa shape index (κ3) is 3.71. The molecule has 2 atom stereocenters. The van der Waals surface area contributed by atoms with Gasteiger partial charge in [0.1, 0.15) is 0 Å². The number of rotatable bonds is 5. The molecule has 115 valence electrons. The van der Waals surface area contributed by atoms with E-state index < -0.39 is 0 Å². The smallest absolute Gasteiger partial charge is 0.268 e. The highest BCUT2D eigenvalue weighted by Crippen LogP contribution is 2.36. The van der Waals surface area contributed by atoms with Crippen molar-refractivity contribution in [2.24, 2.45) is 11.8 Å². The first kappa shape index (κ1) is 14.7. The fraction of sp³-hybridized carbons (Fsp3) is 0.688. The predicted octanol–water partition coefficient (Wildman–Crippen LogP) is 2.90. The lowest BCUT2D eigenvalue weighted by molar-refractivity contribution is -0.420. The lowest BCUT2D eigenvalue weighted by atomic mass is 9.82. The van der Waals surface area contributed by atoms with Crippen LogP contribution in [-0.4, -0.2) is 31.4 Å². The molecule has 0 spiro atoms. The Bertz CT molecular complexity index is 445. The summed E-state index contributed by atoms with van der Waals surface area (Å²) in [7, 11) is 0. The Kier molecular flexibility index (Phi) is 4.70. The van der Waals surface area contributed by atoms with Crippen LogP contribution in [-0.2, 0) is 9.47 Å². The van der Waals surface area contributed by atoms with Crippen molar-refractivity contribution in [2.45, 2.75) is 32.1 Å². The first-order chi connectivity index (χ1) is 10.2. The normalized spacial score (nSPS) is 30.3. The topological polar surface area (TPSA) is 61.6 Å². The van der Waals surface area contributed by atoms with E-state index in [0.29, 0.717) is 17.5 Å². The van der Waals surface area contributed by atoms with E-state index in [0.717, 1.165) is 64.1 Å². The molecule has 0 bridgehead atoms. The zero-order valence-corrected chi connectivity index (χ0v) is 12.3. The average Bonchev–Trinajstić information content (AvgIpc) is 3.12. The van der Waals surface area contributed by atoms with Crippen molar-refractivity contribution in [3.8, 4) is 0 Å². The SMILES string of the molecule is O=[N+]([O-])C1=C(CC2CCOC2)C[C](CC2CCOC2)C=C1. The van der Waals surface area contributed by atoms with Crippen LogP contribution in [0.4, 0.5) is 0 Å². The van der Waals surface area contributed by atoms with Crippen LogP contribution in [0.1, 0.15) is 32.1 Å². The van der Waals surface area contributed by atoms with Gasteiger partial charge >= 0.3 is 0 Å². The van der Waals surface area contributed by atoms with Crippen LogP contribution in [0.15, 0.2) is 23.4 Å². The monoisotopic (exact) mass is 292 g/mol. The number of hydrogen-bond donors (Lipinski definition) is 0. The molecular weight excluding hydrogens is 270 g/mol. The summed E-state index contributed by atoms with van der Waals surface area (Å²) in [6.45, 7) is 3.21. The summed E-state index contributed by atoms with van der Waals surface area (Å²) in [5.74, 6) is 2.33. The van der Waals surface area contributed by atoms with Gasteiger partial charge in [-0.2, -0.15) is 0 Å². The van der Waals surface area contributed by atoms with Crippen LogP contribution < -0.4 is 0 Å². The van der Waals surface area contributed by atoms with Crippen LogP contribution in [0, 0.1) is 27.9 Å². The first-order valence-electron chi connectivity index (χ1n) is 7.77. The molecule has 0 saturated carbocycles. The van der Waals surface area contributed by atoms with E-state index >= 15 is 0 Å². The maximum Gasteiger partial charge on any atom is 0.268 e. The summed E-state index contributed by atoms with van der Waals surface area (Å²) in [5.41, 5.74) is 1.28. The Labute approximate surface area is 125 Å². The Hall–Kier alpha value is -1.20. The van der Waals surface area contributed by atoms with Gasteiger partial charge in [0.15, 0.2) is 0 Å². The Balaban J connectivity index is 1.65. The third-order valence-corrected chi connectivity index (χ3v) is 4.61. The summed E-state index contributed by atoms with van der Waals surface area (Å²) in [4.78, 5) is 11.0. The summed E-state index contributed by atoms with van der Waals surface area (Å²) < 4.78 is 10.8. The molecule has 1 radical (unpaired) electrons. The van der Waals surface area contributed by atoms with E-state index in [1.165, 1.54) is 5.92 Å². The summed E-state index contributed by atoms with van der Waals surface area (Å²) in [5, 5.41) is 11.2. The van der Waals surface area contributed by atoms with Crippen LogP contribution in [0.25, 0.3) is 0 Å². The fourth-order valence-electron chi connectivity index (χ4n) is 3.45. The number of allylic oxidation sites excluding steroid dienone is 3. The number of hydrogen-bond acceptors (Lipinski definition) is 4. The zero-order valence-electron chi connectivity index (χ0n) is 12.3. The number of nitro groups is 1. The molecule has 5 nitrogen and oxygen atoms in total. The molecular formula is C16H22NO4. The lowest BCUT2D eigenvalue weighted by Gasteiger charge is -2.22. The molecule has 0 amide bonds. The molecule has 0 N–H and O–H groups in total. The van der Waals surface area contributed by atoms with Crippen molar-refractivity contribution in [1.29, 1.82) is 0 Å². The van der Waals surface area contributed by atoms with Gasteiger partial charge in [-0.1, -0.05) is 6.08 Å². The lowest BCUT2D eigenvalue weighted by Crippen LogP contribution is -2.15. The van der Waals surface area contributed by atoms with Gasteiger partial charge in [-0.3, -0.25) is 10.1 Å². The van der Waals surface area contributed by atoms with Gasteiger partial charge in [0.05, 0.1) is 4.92 Å². The summed E-state index contributed by atoms with van der Waals surface area (Å²) in [6.07, 6.45) is 8.32. The molecule has 21 heavy (non-hydrogen) atoms. The van der Waals surface area contributed by atoms with Gasteiger partial charge in [0, 0.05) is 44.0 Å². The molecule has 1 aliphatic carbocycles. The van der Waals surface area contributed by atoms with Crippen LogP contribution in [0.2, 0.25) is 0 Å². The molecule has 2 heterocycles. The Morgan fingerprint density at radius 1 is 1.10 bits per heavy atom. The molecule has 3 rings (SSSR count). The second-order valence-electron chi connectivity index (χ2n) is 6.28. The quantitative estimate of drug-likeness (QED) is 0.577. The molecule has 0 aromatic rings. The van der Waals surface area contributed by atoms with Crippen LogP contribution in [0.3, 0.4) is 0 Å². The Morgan fingerprint density at radius 2 is 1.76 bits per heavy atom. The van der Waals surface area contributed by atoms with E-state index in [9.17, 15) is 10.1 Å². The second-order valence-corrected chi connectivity index (χ2v) is 6.28. The minimum absolute atomic E-state index is 0.239. The van der Waals surface area contributed by atoms with E-state index in [-0.39, 0.29) is 4.92 Å². The van der Waals surface area contributed by atoms with E-state index in [2.05, 4.69) is 0 Å². The number of nitrogens with zero attached hydrogens (tertiary/aromatic N) is 1. The van der Waals surface area contributed by atoms with Gasteiger partial charge in [0.2, 0.25) is 0 Å². The highest BCUT2D eigenvalue weighted by atomic mass is 16.6. The molecule has 2 saturated heterocycles. The zero-order chi connectivity index (χ0) is 14.7. The first-order valence-corrected chi connectivity index (χ1v) is 7.77. The van der Waals surface area contributed by atoms with Crippen molar-refractivity contribution in [3.05, 3.63) is 39.5 Å². The fourth-order valence-corrected chi connectivity index (χ4v) is 3.45. The van der Waals surface area contributed by atoms with Crippen LogP contribution >= 0.6 is 0 Å². The minimum Gasteiger partial charge on any atom is -0.381 e. The van der Waals surface area contributed by atoms with E-state index in [4.69, 9.17) is 9.47 Å². The Morgan fingerprint density at radius 3 is 2.33 bits per heavy atom. The third-order valence-electron chi connectivity index (χ3n) is 4.61. The molecule has 2 aliphatic heterocycles. The highest BCUT2D eigenvalue weighted by Gasteiger charge is 2.29. The van der Waals surface area contributed by atoms with E-state index in [1.807, 2.05) is 6.08 Å². The van der Waals surface area contributed by atoms with Gasteiger partial charge < -0.3 is 9.47 Å². The standard InChI is InChI=1S/C16H22NO4/c18-17(19)16-2-1-12(7-13-3-5-20-10-13)8-15(16)9-14-4-6-21-11-14/h1-2,13-14H,3-11H2. The molecule has 3 aliphatic rings. The predicted molar refractivity (Wildman–Crippen MR) is 78.1 cm³/mol. The van der Waals surface area contributed by atoms with Gasteiger partial charge in [-0.15, -0.1) is 0 Å². The highest BCUT2D eigenvalue weighted by molar-refractivity contribution is 5.34.